The van der Waals surface area contributed by atoms with Crippen molar-refractivity contribution >= 4 is 22.4 Å². The second kappa shape index (κ2) is 5.87. The van der Waals surface area contributed by atoms with Crippen LogP contribution in [0.5, 0.6) is 0 Å². The zero-order valence-electron chi connectivity index (χ0n) is 12.5. The maximum absolute atomic E-state index is 13.0. The van der Waals surface area contributed by atoms with E-state index in [2.05, 4.69) is 10.3 Å². The third kappa shape index (κ3) is 2.37. The molecule has 5 nitrogen and oxygen atoms in total. The highest BCUT2D eigenvalue weighted by atomic mass is 35.5. The molecule has 0 amide bonds. The van der Waals surface area contributed by atoms with Crippen LogP contribution in [-0.4, -0.2) is 30.8 Å². The van der Waals surface area contributed by atoms with E-state index in [-0.39, 0.29) is 12.4 Å². The fraction of sp³-hybridized carbons (Fsp3) is 0.312. The largest absolute Gasteiger partial charge is 0.314 e. The number of aromatic nitrogens is 1. The van der Waals surface area contributed by atoms with E-state index in [0.717, 1.165) is 24.1 Å². The van der Waals surface area contributed by atoms with Gasteiger partial charge in [0.2, 0.25) is 10.0 Å². The summed E-state index contributed by atoms with van der Waals surface area (Å²) in [6.45, 7) is 1.84. The van der Waals surface area contributed by atoms with Crippen molar-refractivity contribution < 1.29 is 8.42 Å². The van der Waals surface area contributed by atoms with Gasteiger partial charge >= 0.3 is 0 Å². The summed E-state index contributed by atoms with van der Waals surface area (Å²) in [5.74, 6) is 0. The molecule has 23 heavy (non-hydrogen) atoms. The molecule has 0 radical (unpaired) electrons. The van der Waals surface area contributed by atoms with Gasteiger partial charge in [-0.25, -0.2) is 8.42 Å². The normalized spacial score (nSPS) is 25.2. The van der Waals surface area contributed by atoms with Gasteiger partial charge in [-0.05, 0) is 36.2 Å². The lowest BCUT2D eigenvalue weighted by molar-refractivity contribution is 0.213. The first-order valence-electron chi connectivity index (χ1n) is 7.37. The van der Waals surface area contributed by atoms with E-state index in [1.807, 2.05) is 24.3 Å². The van der Waals surface area contributed by atoms with Crippen molar-refractivity contribution in [3.05, 3.63) is 59.9 Å². The van der Waals surface area contributed by atoms with Gasteiger partial charge < -0.3 is 5.32 Å². The average Bonchev–Trinajstić information content (AvgIpc) is 3.09. The summed E-state index contributed by atoms with van der Waals surface area (Å²) in [6.07, 6.45) is 4.22. The Kier molecular flexibility index (Phi) is 4.18. The van der Waals surface area contributed by atoms with Gasteiger partial charge in [-0.15, -0.1) is 12.4 Å². The maximum atomic E-state index is 13.0. The Labute approximate surface area is 142 Å². The van der Waals surface area contributed by atoms with Crippen molar-refractivity contribution in [1.82, 2.24) is 14.6 Å². The van der Waals surface area contributed by atoms with Crippen molar-refractivity contribution in [2.75, 3.05) is 13.1 Å². The molecule has 2 aliphatic heterocycles. The zero-order valence-corrected chi connectivity index (χ0v) is 14.1. The minimum absolute atomic E-state index is 0. The molecule has 2 aliphatic rings. The Balaban J connectivity index is 0.00000156. The molecule has 4 rings (SSSR count). The molecule has 0 aliphatic carbocycles. The third-order valence-electron chi connectivity index (χ3n) is 4.62. The van der Waals surface area contributed by atoms with Crippen molar-refractivity contribution in [2.45, 2.75) is 23.4 Å². The molecule has 122 valence electrons. The monoisotopic (exact) mass is 351 g/mol. The van der Waals surface area contributed by atoms with Gasteiger partial charge in [0, 0.05) is 25.5 Å². The number of hydrogen-bond acceptors (Lipinski definition) is 4. The summed E-state index contributed by atoms with van der Waals surface area (Å²) < 4.78 is 27.7. The Hall–Kier alpha value is -1.47. The summed E-state index contributed by atoms with van der Waals surface area (Å²) in [7, 11) is -3.47. The van der Waals surface area contributed by atoms with Gasteiger partial charge in [0.25, 0.3) is 0 Å². The first-order valence-corrected chi connectivity index (χ1v) is 8.81. The summed E-state index contributed by atoms with van der Waals surface area (Å²) in [4.78, 5) is 4.55. The van der Waals surface area contributed by atoms with Crippen molar-refractivity contribution in [3.63, 3.8) is 0 Å². The number of benzene rings is 1. The minimum Gasteiger partial charge on any atom is -0.314 e. The lowest BCUT2D eigenvalue weighted by atomic mass is 9.89. The molecule has 1 aromatic carbocycles. The number of nitrogens with zero attached hydrogens (tertiary/aromatic N) is 2. The summed E-state index contributed by atoms with van der Waals surface area (Å²) in [5.41, 5.74) is 1.36. The third-order valence-corrected chi connectivity index (χ3v) is 6.59. The van der Waals surface area contributed by atoms with E-state index in [0.29, 0.717) is 18.0 Å². The Morgan fingerprint density at radius 2 is 2.04 bits per heavy atom. The molecular formula is C16H18ClN3O2S. The van der Waals surface area contributed by atoms with Crippen LogP contribution < -0.4 is 5.32 Å². The van der Waals surface area contributed by atoms with Gasteiger partial charge in [-0.3, -0.25) is 4.98 Å². The first-order chi connectivity index (χ1) is 10.6. The number of sulfonamides is 1. The smallest absolute Gasteiger partial charge is 0.244 e. The van der Waals surface area contributed by atoms with Crippen LogP contribution in [0.2, 0.25) is 0 Å². The van der Waals surface area contributed by atoms with Gasteiger partial charge in [-0.1, -0.05) is 24.3 Å². The molecule has 1 fully saturated rings. The van der Waals surface area contributed by atoms with Crippen LogP contribution in [0, 0.1) is 0 Å². The molecular weight excluding hydrogens is 334 g/mol. The van der Waals surface area contributed by atoms with E-state index >= 15 is 0 Å². The highest BCUT2D eigenvalue weighted by Gasteiger charge is 2.54. The van der Waals surface area contributed by atoms with Crippen LogP contribution >= 0.6 is 12.4 Å². The van der Waals surface area contributed by atoms with Gasteiger partial charge in [0.05, 0.1) is 10.4 Å². The SMILES string of the molecule is Cl.O=S1(=O)c2ccccc2C2(CCNC2)N1Cc1cccnc1. The van der Waals surface area contributed by atoms with Gasteiger partial charge in [-0.2, -0.15) is 4.31 Å². The zero-order chi connectivity index (χ0) is 15.2. The fourth-order valence-electron chi connectivity index (χ4n) is 3.57. The topological polar surface area (TPSA) is 62.3 Å². The molecule has 2 aromatic rings. The number of rotatable bonds is 2. The van der Waals surface area contributed by atoms with Crippen molar-refractivity contribution in [3.8, 4) is 0 Å². The molecule has 1 atom stereocenters. The van der Waals surface area contributed by atoms with Gasteiger partial charge in [0.15, 0.2) is 0 Å². The van der Waals surface area contributed by atoms with Crippen molar-refractivity contribution in [2.24, 2.45) is 0 Å². The lowest BCUT2D eigenvalue weighted by Gasteiger charge is -2.33. The van der Waals surface area contributed by atoms with E-state index in [1.165, 1.54) is 0 Å². The number of fused-ring (bicyclic) bond motifs is 2. The summed E-state index contributed by atoms with van der Waals surface area (Å²) in [5, 5.41) is 3.33. The molecule has 1 N–H and O–H groups in total. The summed E-state index contributed by atoms with van der Waals surface area (Å²) in [6, 6.07) is 11.1. The maximum Gasteiger partial charge on any atom is 0.244 e. The number of halogens is 1. The minimum atomic E-state index is -3.47. The lowest BCUT2D eigenvalue weighted by Crippen LogP contribution is -2.44. The van der Waals surface area contributed by atoms with Gasteiger partial charge in [0.1, 0.15) is 0 Å². The number of hydrogen-bond donors (Lipinski definition) is 1. The molecule has 3 heterocycles. The van der Waals surface area contributed by atoms with Crippen LogP contribution in [0.3, 0.4) is 0 Å². The standard InChI is InChI=1S/C16H17N3O2S.ClH/c20-22(21)15-6-2-1-5-14(15)16(7-9-18-12-16)19(22)11-13-4-3-8-17-10-13;/h1-6,8,10,18H,7,9,11-12H2;1H. The molecule has 1 unspecified atom stereocenters. The fourth-order valence-corrected chi connectivity index (χ4v) is 5.63. The van der Waals surface area contributed by atoms with Crippen LogP contribution in [0.1, 0.15) is 17.5 Å². The van der Waals surface area contributed by atoms with E-state index in [4.69, 9.17) is 0 Å². The van der Waals surface area contributed by atoms with E-state index in [9.17, 15) is 8.42 Å². The van der Waals surface area contributed by atoms with Crippen molar-refractivity contribution in [1.29, 1.82) is 0 Å². The predicted octanol–water partition coefficient (Wildman–Crippen LogP) is 1.90. The van der Waals surface area contributed by atoms with Crippen LogP contribution in [-0.2, 0) is 22.1 Å². The Morgan fingerprint density at radius 3 is 2.74 bits per heavy atom. The molecule has 0 saturated carbocycles. The average molecular weight is 352 g/mol. The van der Waals surface area contributed by atoms with E-state index in [1.54, 1.807) is 28.8 Å². The predicted molar refractivity (Wildman–Crippen MR) is 89.8 cm³/mol. The quantitative estimate of drug-likeness (QED) is 0.897. The highest BCUT2D eigenvalue weighted by molar-refractivity contribution is 7.89. The van der Waals surface area contributed by atoms with Crippen LogP contribution in [0.15, 0.2) is 53.7 Å². The first kappa shape index (κ1) is 16.4. The highest BCUT2D eigenvalue weighted by Crippen LogP contribution is 2.48. The molecule has 0 bridgehead atoms. The molecule has 1 spiro atoms. The Morgan fingerprint density at radius 1 is 1.22 bits per heavy atom. The molecule has 1 saturated heterocycles. The molecule has 1 aromatic heterocycles. The number of pyridine rings is 1. The second-order valence-corrected chi connectivity index (χ2v) is 7.66. The number of nitrogens with one attached hydrogen (secondary N) is 1. The van der Waals surface area contributed by atoms with E-state index < -0.39 is 15.6 Å². The second-order valence-electron chi connectivity index (χ2n) is 5.83. The Bertz CT molecular complexity index is 805. The molecule has 7 heteroatoms. The van der Waals surface area contributed by atoms with Crippen LogP contribution in [0.4, 0.5) is 0 Å². The van der Waals surface area contributed by atoms with Crippen LogP contribution in [0.25, 0.3) is 0 Å². The summed E-state index contributed by atoms with van der Waals surface area (Å²) >= 11 is 0.